The highest BCUT2D eigenvalue weighted by atomic mass is 32.2. The summed E-state index contributed by atoms with van der Waals surface area (Å²) in [7, 11) is 3.00. The predicted octanol–water partition coefficient (Wildman–Crippen LogP) is 6.80. The van der Waals surface area contributed by atoms with E-state index >= 15 is 0 Å². The number of anilines is 3. The van der Waals surface area contributed by atoms with Gasteiger partial charge in [0.25, 0.3) is 11.8 Å². The van der Waals surface area contributed by atoms with Crippen LogP contribution < -0.4 is 25.0 Å². The molecule has 1 heterocycles. The first-order chi connectivity index (χ1) is 19.6. The standard InChI is InChI=1S/C32H35N3O5S/c1-19(2)16-28(36)33-23-8-7-9-25(17-23)41-30-29(34-22-12-10-21(11-13-22)20(3)4)31(37)35(32(30)38)26-15-14-24(39-5)18-27(26)40-6/h7-15,17-20,34H,16H2,1-6H3,(H,33,36). The van der Waals surface area contributed by atoms with Gasteiger partial charge in [-0.2, -0.15) is 0 Å². The van der Waals surface area contributed by atoms with Gasteiger partial charge >= 0.3 is 0 Å². The number of nitrogens with zero attached hydrogens (tertiary/aromatic N) is 1. The molecule has 3 amide bonds. The Labute approximate surface area is 245 Å². The third-order valence-corrected chi connectivity index (χ3v) is 7.52. The summed E-state index contributed by atoms with van der Waals surface area (Å²) in [6.07, 6.45) is 0.401. The van der Waals surface area contributed by atoms with Gasteiger partial charge in [-0.3, -0.25) is 14.4 Å². The van der Waals surface area contributed by atoms with Crippen molar-refractivity contribution in [2.75, 3.05) is 29.8 Å². The SMILES string of the molecule is COc1ccc(N2C(=O)C(Nc3ccc(C(C)C)cc3)=C(Sc3cccc(NC(=O)CC(C)C)c3)C2=O)c(OC)c1. The first-order valence-corrected chi connectivity index (χ1v) is 14.2. The average molecular weight is 574 g/mol. The highest BCUT2D eigenvalue weighted by Crippen LogP contribution is 2.42. The summed E-state index contributed by atoms with van der Waals surface area (Å²) in [6.45, 7) is 8.18. The molecule has 0 saturated heterocycles. The van der Waals surface area contributed by atoms with Gasteiger partial charge in [0.1, 0.15) is 22.1 Å². The van der Waals surface area contributed by atoms with Crippen LogP contribution in [-0.2, 0) is 14.4 Å². The fourth-order valence-electron chi connectivity index (χ4n) is 4.34. The van der Waals surface area contributed by atoms with E-state index in [1.807, 2.05) is 44.2 Å². The molecule has 41 heavy (non-hydrogen) atoms. The molecule has 4 rings (SSSR count). The Bertz CT molecular complexity index is 1480. The van der Waals surface area contributed by atoms with Crippen molar-refractivity contribution in [2.24, 2.45) is 5.92 Å². The number of carbonyl (C=O) groups excluding carboxylic acids is 3. The first kappa shape index (κ1) is 29.7. The number of methoxy groups -OCH3 is 2. The summed E-state index contributed by atoms with van der Waals surface area (Å²) in [4.78, 5) is 42.1. The van der Waals surface area contributed by atoms with Gasteiger partial charge in [0.15, 0.2) is 0 Å². The van der Waals surface area contributed by atoms with E-state index in [1.54, 1.807) is 36.4 Å². The van der Waals surface area contributed by atoms with Gasteiger partial charge in [0.05, 0.1) is 19.9 Å². The molecule has 214 valence electrons. The summed E-state index contributed by atoms with van der Waals surface area (Å²) >= 11 is 1.16. The lowest BCUT2D eigenvalue weighted by atomic mass is 10.0. The van der Waals surface area contributed by atoms with Crippen LogP contribution in [0.1, 0.15) is 45.6 Å². The molecule has 9 heteroatoms. The van der Waals surface area contributed by atoms with Gasteiger partial charge < -0.3 is 20.1 Å². The number of amides is 3. The summed E-state index contributed by atoms with van der Waals surface area (Å²) < 4.78 is 10.8. The van der Waals surface area contributed by atoms with E-state index in [1.165, 1.54) is 14.2 Å². The van der Waals surface area contributed by atoms with Crippen molar-refractivity contribution in [1.29, 1.82) is 0 Å². The number of nitrogens with one attached hydrogen (secondary N) is 2. The van der Waals surface area contributed by atoms with Crippen molar-refractivity contribution in [3.8, 4) is 11.5 Å². The topological polar surface area (TPSA) is 97.0 Å². The monoisotopic (exact) mass is 573 g/mol. The molecule has 0 atom stereocenters. The Morgan fingerprint density at radius 1 is 0.878 bits per heavy atom. The fourth-order valence-corrected chi connectivity index (χ4v) is 5.32. The van der Waals surface area contributed by atoms with Gasteiger partial charge in [-0.1, -0.05) is 57.7 Å². The quantitative estimate of drug-likeness (QED) is 0.244. The number of rotatable bonds is 11. The minimum absolute atomic E-state index is 0.0848. The van der Waals surface area contributed by atoms with Crippen molar-refractivity contribution in [3.63, 3.8) is 0 Å². The van der Waals surface area contributed by atoms with Crippen LogP contribution in [0.2, 0.25) is 0 Å². The molecule has 8 nitrogen and oxygen atoms in total. The molecule has 1 aliphatic heterocycles. The smallest absolute Gasteiger partial charge is 0.283 e. The van der Waals surface area contributed by atoms with E-state index in [0.29, 0.717) is 45.8 Å². The molecule has 0 spiro atoms. The molecule has 0 fully saturated rings. The van der Waals surface area contributed by atoms with E-state index < -0.39 is 11.8 Å². The predicted molar refractivity (Wildman–Crippen MR) is 164 cm³/mol. The second kappa shape index (κ2) is 13.0. The lowest BCUT2D eigenvalue weighted by molar-refractivity contribution is -0.120. The van der Waals surface area contributed by atoms with Crippen LogP contribution in [0.3, 0.4) is 0 Å². The first-order valence-electron chi connectivity index (χ1n) is 13.4. The summed E-state index contributed by atoms with van der Waals surface area (Å²) in [5.41, 5.74) is 2.92. The van der Waals surface area contributed by atoms with Crippen molar-refractivity contribution in [1.82, 2.24) is 0 Å². The van der Waals surface area contributed by atoms with Crippen molar-refractivity contribution in [3.05, 3.63) is 82.9 Å². The molecule has 3 aromatic carbocycles. The maximum absolute atomic E-state index is 13.9. The number of carbonyl (C=O) groups is 3. The number of imide groups is 1. The Kier molecular flexibility index (Phi) is 9.39. The Morgan fingerprint density at radius 2 is 1.61 bits per heavy atom. The van der Waals surface area contributed by atoms with Gasteiger partial charge in [-0.25, -0.2) is 4.90 Å². The van der Waals surface area contributed by atoms with E-state index in [2.05, 4.69) is 24.5 Å². The minimum atomic E-state index is -0.504. The van der Waals surface area contributed by atoms with Crippen molar-refractivity contribution < 1.29 is 23.9 Å². The third kappa shape index (κ3) is 6.92. The van der Waals surface area contributed by atoms with Crippen molar-refractivity contribution >= 4 is 46.5 Å². The lowest BCUT2D eigenvalue weighted by Gasteiger charge is -2.19. The number of hydrogen-bond acceptors (Lipinski definition) is 7. The third-order valence-electron chi connectivity index (χ3n) is 6.45. The molecule has 2 N–H and O–H groups in total. The highest BCUT2D eigenvalue weighted by Gasteiger charge is 2.41. The molecule has 0 aliphatic carbocycles. The van der Waals surface area contributed by atoms with Crippen LogP contribution >= 0.6 is 11.8 Å². The van der Waals surface area contributed by atoms with Crippen LogP contribution in [0, 0.1) is 5.92 Å². The number of hydrogen-bond donors (Lipinski definition) is 2. The van der Waals surface area contributed by atoms with Crippen LogP contribution in [0.25, 0.3) is 0 Å². The lowest BCUT2D eigenvalue weighted by Crippen LogP contribution is -2.32. The largest absolute Gasteiger partial charge is 0.497 e. The van der Waals surface area contributed by atoms with E-state index in [0.717, 1.165) is 22.2 Å². The van der Waals surface area contributed by atoms with Crippen molar-refractivity contribution in [2.45, 2.75) is 44.9 Å². The molecule has 0 bridgehead atoms. The zero-order chi connectivity index (χ0) is 29.7. The van der Waals surface area contributed by atoms with Crippen LogP contribution in [0.15, 0.2) is 82.2 Å². The van der Waals surface area contributed by atoms with E-state index in [9.17, 15) is 14.4 Å². The maximum atomic E-state index is 13.9. The Hall–Kier alpha value is -4.24. The Morgan fingerprint density at radius 3 is 2.24 bits per heavy atom. The molecule has 3 aromatic rings. The molecule has 0 aromatic heterocycles. The zero-order valence-electron chi connectivity index (χ0n) is 24.1. The molecule has 1 aliphatic rings. The highest BCUT2D eigenvalue weighted by molar-refractivity contribution is 8.04. The van der Waals surface area contributed by atoms with Crippen LogP contribution in [-0.4, -0.2) is 31.9 Å². The summed E-state index contributed by atoms with van der Waals surface area (Å²) in [6, 6.07) is 19.9. The zero-order valence-corrected chi connectivity index (χ0v) is 24.9. The maximum Gasteiger partial charge on any atom is 0.283 e. The van der Waals surface area contributed by atoms with Crippen LogP contribution in [0.5, 0.6) is 11.5 Å². The fraction of sp³-hybridized carbons (Fsp3) is 0.281. The van der Waals surface area contributed by atoms with Crippen LogP contribution in [0.4, 0.5) is 17.1 Å². The van der Waals surface area contributed by atoms with Gasteiger partial charge in [-0.05, 0) is 59.9 Å². The number of thioether (sulfide) groups is 1. The van der Waals surface area contributed by atoms with E-state index in [-0.39, 0.29) is 22.4 Å². The summed E-state index contributed by atoms with van der Waals surface area (Å²) in [5, 5.41) is 6.11. The Balaban J connectivity index is 1.71. The minimum Gasteiger partial charge on any atom is -0.497 e. The van der Waals surface area contributed by atoms with Gasteiger partial charge in [0.2, 0.25) is 5.91 Å². The van der Waals surface area contributed by atoms with E-state index in [4.69, 9.17) is 9.47 Å². The normalized spacial score (nSPS) is 13.3. The number of benzene rings is 3. The molecular weight excluding hydrogens is 538 g/mol. The second-order valence-corrected chi connectivity index (χ2v) is 11.4. The summed E-state index contributed by atoms with van der Waals surface area (Å²) in [5.74, 6) is 0.368. The second-order valence-electron chi connectivity index (χ2n) is 10.4. The molecule has 0 radical (unpaired) electrons. The molecular formula is C32H35N3O5S. The molecule has 0 saturated carbocycles. The number of ether oxygens (including phenoxy) is 2. The van der Waals surface area contributed by atoms with Gasteiger partial charge in [-0.15, -0.1) is 0 Å². The van der Waals surface area contributed by atoms with Gasteiger partial charge in [0, 0.05) is 28.8 Å². The average Bonchev–Trinajstić information content (AvgIpc) is 3.16. The molecule has 0 unspecified atom stereocenters.